The number of benzene rings is 2. The van der Waals surface area contributed by atoms with Gasteiger partial charge in [-0.05, 0) is 25.1 Å². The molecule has 0 saturated heterocycles. The average Bonchev–Trinajstić information content (AvgIpc) is 2.51. The van der Waals surface area contributed by atoms with E-state index in [9.17, 15) is 18.0 Å². The van der Waals surface area contributed by atoms with Gasteiger partial charge in [-0.3, -0.25) is 4.79 Å². The molecule has 0 aliphatic rings. The third kappa shape index (κ3) is 4.03. The van der Waals surface area contributed by atoms with Crippen LogP contribution >= 0.6 is 0 Å². The fourth-order valence-corrected chi connectivity index (χ4v) is 2.14. The molecule has 0 aliphatic carbocycles. The minimum Gasteiger partial charge on any atom is -0.496 e. The van der Waals surface area contributed by atoms with Crippen molar-refractivity contribution in [2.45, 2.75) is 19.7 Å². The number of ether oxygens (including phenoxy) is 2. The molecule has 0 aromatic heterocycles. The molecular formula is C17H15F3O3. The Hall–Kier alpha value is -2.50. The van der Waals surface area contributed by atoms with Gasteiger partial charge in [0.15, 0.2) is 5.78 Å². The summed E-state index contributed by atoms with van der Waals surface area (Å²) in [6.45, 7) is 1.16. The Morgan fingerprint density at radius 3 is 2.43 bits per heavy atom. The molecule has 0 spiro atoms. The molecule has 0 saturated carbocycles. The van der Waals surface area contributed by atoms with E-state index in [1.165, 1.54) is 50.4 Å². The molecule has 0 fully saturated rings. The Bertz CT molecular complexity index is 708. The Morgan fingerprint density at radius 2 is 1.83 bits per heavy atom. The van der Waals surface area contributed by atoms with Gasteiger partial charge in [-0.1, -0.05) is 18.2 Å². The number of halogens is 3. The summed E-state index contributed by atoms with van der Waals surface area (Å²) in [5, 5.41) is 0. The number of carbonyl (C=O) groups excluding carboxylic acids is 1. The standard InChI is InChI=1S/C17H15F3O3/c1-11(21)14-8-7-13(9-16(14)22-2)23-10-12-5-3-4-6-15(12)17(18,19)20/h3-9H,10H2,1-2H3. The fraction of sp³-hybridized carbons (Fsp3) is 0.235. The molecule has 0 bridgehead atoms. The molecule has 0 N–H and O–H groups in total. The third-order valence-corrected chi connectivity index (χ3v) is 3.27. The van der Waals surface area contributed by atoms with Gasteiger partial charge >= 0.3 is 6.18 Å². The quantitative estimate of drug-likeness (QED) is 0.760. The second-order valence-corrected chi connectivity index (χ2v) is 4.86. The summed E-state index contributed by atoms with van der Waals surface area (Å²) in [6.07, 6.45) is -4.43. The third-order valence-electron chi connectivity index (χ3n) is 3.27. The largest absolute Gasteiger partial charge is 0.496 e. The fourth-order valence-electron chi connectivity index (χ4n) is 2.14. The van der Waals surface area contributed by atoms with E-state index in [-0.39, 0.29) is 18.0 Å². The maximum Gasteiger partial charge on any atom is 0.416 e. The highest BCUT2D eigenvalue weighted by atomic mass is 19.4. The lowest BCUT2D eigenvalue weighted by molar-refractivity contribution is -0.138. The van der Waals surface area contributed by atoms with Crippen LogP contribution in [0.25, 0.3) is 0 Å². The van der Waals surface area contributed by atoms with Crippen LogP contribution in [0.15, 0.2) is 42.5 Å². The van der Waals surface area contributed by atoms with Gasteiger partial charge in [0.1, 0.15) is 18.1 Å². The Morgan fingerprint density at radius 1 is 1.13 bits per heavy atom. The molecule has 0 unspecified atom stereocenters. The maximum absolute atomic E-state index is 12.9. The van der Waals surface area contributed by atoms with Crippen LogP contribution in [0.3, 0.4) is 0 Å². The normalized spacial score (nSPS) is 11.2. The maximum atomic E-state index is 12.9. The van der Waals surface area contributed by atoms with Gasteiger partial charge in [0, 0.05) is 11.6 Å². The van der Waals surface area contributed by atoms with Crippen LogP contribution in [0, 0.1) is 0 Å². The van der Waals surface area contributed by atoms with Crippen LogP contribution in [0.5, 0.6) is 11.5 Å². The molecule has 3 nitrogen and oxygen atoms in total. The highest BCUT2D eigenvalue weighted by Gasteiger charge is 2.32. The summed E-state index contributed by atoms with van der Waals surface area (Å²) in [4.78, 5) is 11.4. The number of hydrogen-bond acceptors (Lipinski definition) is 3. The van der Waals surface area contributed by atoms with Crippen LogP contribution in [0.2, 0.25) is 0 Å². The minimum atomic E-state index is -4.43. The lowest BCUT2D eigenvalue weighted by Crippen LogP contribution is -2.10. The van der Waals surface area contributed by atoms with E-state index >= 15 is 0 Å². The summed E-state index contributed by atoms with van der Waals surface area (Å²) in [6, 6.07) is 9.75. The zero-order valence-corrected chi connectivity index (χ0v) is 12.6. The van der Waals surface area contributed by atoms with Gasteiger partial charge in [0.25, 0.3) is 0 Å². The van der Waals surface area contributed by atoms with Gasteiger partial charge in [-0.15, -0.1) is 0 Å². The lowest BCUT2D eigenvalue weighted by atomic mass is 10.1. The lowest BCUT2D eigenvalue weighted by Gasteiger charge is -2.14. The topological polar surface area (TPSA) is 35.5 Å². The highest BCUT2D eigenvalue weighted by Crippen LogP contribution is 2.32. The summed E-state index contributed by atoms with van der Waals surface area (Å²) in [7, 11) is 1.41. The van der Waals surface area contributed by atoms with Gasteiger partial charge in [0.2, 0.25) is 0 Å². The van der Waals surface area contributed by atoms with Gasteiger partial charge in [0.05, 0.1) is 18.2 Å². The van der Waals surface area contributed by atoms with Crippen molar-refractivity contribution < 1.29 is 27.4 Å². The van der Waals surface area contributed by atoms with Crippen LogP contribution < -0.4 is 9.47 Å². The highest BCUT2D eigenvalue weighted by molar-refractivity contribution is 5.97. The van der Waals surface area contributed by atoms with Crippen LogP contribution in [-0.2, 0) is 12.8 Å². The van der Waals surface area contributed by atoms with Crippen molar-refractivity contribution in [1.29, 1.82) is 0 Å². The van der Waals surface area contributed by atoms with E-state index in [1.807, 2.05) is 0 Å². The van der Waals surface area contributed by atoms with Gasteiger partial charge < -0.3 is 9.47 Å². The first-order valence-corrected chi connectivity index (χ1v) is 6.80. The van der Waals surface area contributed by atoms with Crippen molar-refractivity contribution in [3.8, 4) is 11.5 Å². The number of hydrogen-bond donors (Lipinski definition) is 0. The Balaban J connectivity index is 2.21. The number of ketones is 1. The molecule has 0 amide bonds. The van der Waals surface area contributed by atoms with Crippen molar-refractivity contribution in [2.24, 2.45) is 0 Å². The number of alkyl halides is 3. The second-order valence-electron chi connectivity index (χ2n) is 4.86. The van der Waals surface area contributed by atoms with E-state index in [0.29, 0.717) is 17.1 Å². The van der Waals surface area contributed by atoms with Crippen molar-refractivity contribution in [3.63, 3.8) is 0 Å². The summed E-state index contributed by atoms with van der Waals surface area (Å²) >= 11 is 0. The SMILES string of the molecule is COc1cc(OCc2ccccc2C(F)(F)F)ccc1C(C)=O. The van der Waals surface area contributed by atoms with Crippen molar-refractivity contribution in [2.75, 3.05) is 7.11 Å². The molecule has 2 rings (SSSR count). The number of Topliss-reactive ketones (excluding diaryl/α,β-unsaturated/α-hetero) is 1. The summed E-state index contributed by atoms with van der Waals surface area (Å²) in [5.74, 6) is 0.471. The number of carbonyl (C=O) groups is 1. The van der Waals surface area contributed by atoms with E-state index in [0.717, 1.165) is 6.07 Å². The summed E-state index contributed by atoms with van der Waals surface area (Å²) < 4.78 is 49.3. The zero-order valence-electron chi connectivity index (χ0n) is 12.6. The van der Waals surface area contributed by atoms with Crippen LogP contribution in [0.1, 0.15) is 28.4 Å². The van der Waals surface area contributed by atoms with E-state index in [4.69, 9.17) is 9.47 Å². The number of methoxy groups -OCH3 is 1. The zero-order chi connectivity index (χ0) is 17.0. The van der Waals surface area contributed by atoms with Crippen molar-refractivity contribution in [3.05, 3.63) is 59.2 Å². The number of rotatable bonds is 5. The van der Waals surface area contributed by atoms with Gasteiger partial charge in [-0.2, -0.15) is 13.2 Å². The first-order chi connectivity index (χ1) is 10.8. The molecule has 2 aromatic carbocycles. The molecule has 0 radical (unpaired) electrons. The van der Waals surface area contributed by atoms with Crippen molar-refractivity contribution in [1.82, 2.24) is 0 Å². The smallest absolute Gasteiger partial charge is 0.416 e. The monoisotopic (exact) mass is 324 g/mol. The second kappa shape index (κ2) is 6.73. The summed E-state index contributed by atoms with van der Waals surface area (Å²) in [5.41, 5.74) is -0.308. The molecular weight excluding hydrogens is 309 g/mol. The molecule has 0 aliphatic heterocycles. The molecule has 0 atom stereocenters. The van der Waals surface area contributed by atoms with Crippen molar-refractivity contribution >= 4 is 5.78 Å². The molecule has 2 aromatic rings. The molecule has 6 heteroatoms. The molecule has 0 heterocycles. The van der Waals surface area contributed by atoms with E-state index in [2.05, 4.69) is 0 Å². The molecule has 23 heavy (non-hydrogen) atoms. The first kappa shape index (κ1) is 16.9. The van der Waals surface area contributed by atoms with E-state index < -0.39 is 11.7 Å². The predicted octanol–water partition coefficient (Wildman–Crippen LogP) is 4.50. The van der Waals surface area contributed by atoms with Crippen LogP contribution in [-0.4, -0.2) is 12.9 Å². The minimum absolute atomic E-state index is 0.0367. The van der Waals surface area contributed by atoms with Gasteiger partial charge in [-0.25, -0.2) is 0 Å². The average molecular weight is 324 g/mol. The van der Waals surface area contributed by atoms with Crippen LogP contribution in [0.4, 0.5) is 13.2 Å². The Kier molecular flexibility index (Phi) is 4.93. The predicted molar refractivity (Wildman–Crippen MR) is 78.8 cm³/mol. The Labute approximate surface area is 131 Å². The first-order valence-electron chi connectivity index (χ1n) is 6.80. The van der Waals surface area contributed by atoms with E-state index in [1.54, 1.807) is 0 Å². The molecule has 122 valence electrons.